The molecule has 0 aromatic carbocycles. The van der Waals surface area contributed by atoms with E-state index in [1.165, 1.54) is 51.4 Å². The molecule has 3 nitrogen and oxygen atoms in total. The predicted molar refractivity (Wildman–Crippen MR) is 116 cm³/mol. The Morgan fingerprint density at radius 3 is 1.97 bits per heavy atom. The largest absolute Gasteiger partial charge is 0.462 e. The average Bonchev–Trinajstić information content (AvgIpc) is 2.74. The second-order valence-electron chi connectivity index (χ2n) is 9.64. The normalized spacial score (nSPS) is 27.9. The molecule has 2 saturated carbocycles. The number of ether oxygens (including phenoxy) is 1. The Hall–Kier alpha value is -1.23. The van der Waals surface area contributed by atoms with Crippen LogP contribution in [0.5, 0.6) is 0 Å². The standard InChI is InChI=1S/C25H40F2O3/c1-18(2)25(29)30-17-23(16-28)22-14-12-21(13-15-22)11-10-20-8-6-19(7-9-20)4-3-5-24(26)27/h5,19-23,28H,1,3-4,6-17H2,2H3. The molecule has 172 valence electrons. The monoisotopic (exact) mass is 426 g/mol. The molecule has 5 heteroatoms. The van der Waals surface area contributed by atoms with Gasteiger partial charge in [0, 0.05) is 18.1 Å². The van der Waals surface area contributed by atoms with Crippen molar-refractivity contribution in [3.63, 3.8) is 0 Å². The zero-order valence-corrected chi connectivity index (χ0v) is 18.6. The Balaban J connectivity index is 1.60. The summed E-state index contributed by atoms with van der Waals surface area (Å²) in [5, 5.41) is 9.72. The first kappa shape index (κ1) is 25.0. The van der Waals surface area contributed by atoms with Crippen LogP contribution in [0.2, 0.25) is 0 Å². The third kappa shape index (κ3) is 8.87. The van der Waals surface area contributed by atoms with Gasteiger partial charge < -0.3 is 9.84 Å². The van der Waals surface area contributed by atoms with Gasteiger partial charge in [-0.3, -0.25) is 0 Å². The molecule has 1 atom stereocenters. The zero-order chi connectivity index (χ0) is 21.9. The van der Waals surface area contributed by atoms with Crippen molar-refractivity contribution in [2.75, 3.05) is 13.2 Å². The quantitative estimate of drug-likeness (QED) is 0.296. The highest BCUT2D eigenvalue weighted by Crippen LogP contribution is 2.39. The molecule has 1 unspecified atom stereocenters. The van der Waals surface area contributed by atoms with Gasteiger partial charge in [0.25, 0.3) is 6.08 Å². The summed E-state index contributed by atoms with van der Waals surface area (Å²) in [6, 6.07) is 0. The molecule has 0 radical (unpaired) electrons. The Morgan fingerprint density at radius 1 is 1.00 bits per heavy atom. The maximum atomic E-state index is 12.1. The molecule has 30 heavy (non-hydrogen) atoms. The number of esters is 1. The van der Waals surface area contributed by atoms with Crippen LogP contribution < -0.4 is 0 Å². The van der Waals surface area contributed by atoms with E-state index in [4.69, 9.17) is 4.74 Å². The van der Waals surface area contributed by atoms with E-state index in [9.17, 15) is 18.7 Å². The summed E-state index contributed by atoms with van der Waals surface area (Å²) in [7, 11) is 0. The van der Waals surface area contributed by atoms with Crippen molar-refractivity contribution >= 4 is 5.97 Å². The van der Waals surface area contributed by atoms with Gasteiger partial charge in [-0.2, -0.15) is 8.78 Å². The van der Waals surface area contributed by atoms with Crippen LogP contribution in [0.4, 0.5) is 8.78 Å². The third-order valence-corrected chi connectivity index (χ3v) is 7.39. The van der Waals surface area contributed by atoms with E-state index in [0.717, 1.165) is 37.2 Å². The lowest BCUT2D eigenvalue weighted by Crippen LogP contribution is -2.29. The summed E-state index contributed by atoms with van der Waals surface area (Å²) in [6.45, 7) is 5.59. The van der Waals surface area contributed by atoms with E-state index >= 15 is 0 Å². The number of allylic oxidation sites excluding steroid dienone is 1. The van der Waals surface area contributed by atoms with E-state index in [1.54, 1.807) is 6.92 Å². The number of rotatable bonds is 11. The van der Waals surface area contributed by atoms with Gasteiger partial charge in [0.15, 0.2) is 0 Å². The van der Waals surface area contributed by atoms with Crippen molar-refractivity contribution in [3.8, 4) is 0 Å². The van der Waals surface area contributed by atoms with Crippen molar-refractivity contribution in [2.45, 2.75) is 84.0 Å². The van der Waals surface area contributed by atoms with Crippen molar-refractivity contribution in [1.82, 2.24) is 0 Å². The van der Waals surface area contributed by atoms with E-state index in [2.05, 4.69) is 6.58 Å². The molecule has 0 aliphatic heterocycles. The summed E-state index contributed by atoms with van der Waals surface area (Å²) < 4.78 is 29.6. The maximum Gasteiger partial charge on any atom is 0.333 e. The molecule has 0 bridgehead atoms. The van der Waals surface area contributed by atoms with Crippen LogP contribution in [0, 0.1) is 29.6 Å². The molecule has 2 rings (SSSR count). The number of carbonyl (C=O) groups excluding carboxylic acids is 1. The van der Waals surface area contributed by atoms with Crippen LogP contribution in [0.15, 0.2) is 24.3 Å². The summed E-state index contributed by atoms with van der Waals surface area (Å²) >= 11 is 0. The zero-order valence-electron chi connectivity index (χ0n) is 18.6. The molecule has 2 aliphatic carbocycles. The SMILES string of the molecule is C=C(C)C(=O)OCC(CO)C1CCC(CCC2CCC(CCC=C(F)F)CC2)CC1. The fourth-order valence-corrected chi connectivity index (χ4v) is 5.30. The number of hydrogen-bond donors (Lipinski definition) is 1. The predicted octanol–water partition coefficient (Wildman–Crippen LogP) is 6.67. The molecule has 0 aromatic rings. The van der Waals surface area contributed by atoms with Crippen LogP contribution in [-0.2, 0) is 9.53 Å². The average molecular weight is 427 g/mol. The second-order valence-corrected chi connectivity index (χ2v) is 9.64. The minimum atomic E-state index is -1.54. The van der Waals surface area contributed by atoms with E-state index in [0.29, 0.717) is 23.8 Å². The van der Waals surface area contributed by atoms with Crippen molar-refractivity contribution in [2.24, 2.45) is 29.6 Å². The van der Waals surface area contributed by atoms with Gasteiger partial charge in [-0.1, -0.05) is 57.9 Å². The fourth-order valence-electron chi connectivity index (χ4n) is 5.30. The number of halogens is 2. The molecular weight excluding hydrogens is 386 g/mol. The van der Waals surface area contributed by atoms with Gasteiger partial charge in [0.2, 0.25) is 0 Å². The smallest absolute Gasteiger partial charge is 0.333 e. The van der Waals surface area contributed by atoms with Gasteiger partial charge in [-0.25, -0.2) is 4.79 Å². The van der Waals surface area contributed by atoms with E-state index < -0.39 is 6.08 Å². The van der Waals surface area contributed by atoms with Gasteiger partial charge in [0.1, 0.15) is 0 Å². The molecule has 1 N–H and O–H groups in total. The van der Waals surface area contributed by atoms with Crippen LogP contribution in [0.1, 0.15) is 84.0 Å². The molecule has 0 saturated heterocycles. The molecule has 2 fully saturated rings. The number of aliphatic hydroxyl groups excluding tert-OH is 1. The van der Waals surface area contributed by atoms with Crippen LogP contribution in [0.25, 0.3) is 0 Å². The van der Waals surface area contributed by atoms with E-state index in [-0.39, 0.29) is 25.1 Å². The minimum Gasteiger partial charge on any atom is -0.462 e. The number of carbonyl (C=O) groups is 1. The second kappa shape index (κ2) is 13.2. The van der Waals surface area contributed by atoms with Crippen molar-refractivity contribution in [3.05, 3.63) is 24.3 Å². The van der Waals surface area contributed by atoms with Crippen molar-refractivity contribution in [1.29, 1.82) is 0 Å². The number of aliphatic hydroxyl groups is 1. The minimum absolute atomic E-state index is 0.0326. The first-order valence-electron chi connectivity index (χ1n) is 11.8. The molecule has 2 aliphatic rings. The highest BCUT2D eigenvalue weighted by molar-refractivity contribution is 5.86. The molecule has 0 amide bonds. The lowest BCUT2D eigenvalue weighted by molar-refractivity contribution is -0.141. The Morgan fingerprint density at radius 2 is 1.50 bits per heavy atom. The van der Waals surface area contributed by atoms with Crippen LogP contribution in [-0.4, -0.2) is 24.3 Å². The van der Waals surface area contributed by atoms with Crippen molar-refractivity contribution < 1.29 is 23.4 Å². The first-order chi connectivity index (χ1) is 14.4. The summed E-state index contributed by atoms with van der Waals surface area (Å²) in [4.78, 5) is 11.6. The Bertz CT molecular complexity index is 555. The Labute approximate surface area is 181 Å². The maximum absolute atomic E-state index is 12.1. The molecule has 0 spiro atoms. The fraction of sp³-hybridized carbons (Fsp3) is 0.800. The lowest BCUT2D eigenvalue weighted by Gasteiger charge is -2.34. The molecule has 0 aromatic heterocycles. The molecular formula is C25H40F2O3. The summed E-state index contributed by atoms with van der Waals surface area (Å²) in [6.07, 6.45) is 13.0. The summed E-state index contributed by atoms with van der Waals surface area (Å²) in [5.41, 5.74) is 0.398. The highest BCUT2D eigenvalue weighted by atomic mass is 19.3. The first-order valence-corrected chi connectivity index (χ1v) is 11.8. The topological polar surface area (TPSA) is 46.5 Å². The van der Waals surface area contributed by atoms with E-state index in [1.807, 2.05) is 0 Å². The highest BCUT2D eigenvalue weighted by Gasteiger charge is 2.29. The lowest BCUT2D eigenvalue weighted by atomic mass is 9.73. The van der Waals surface area contributed by atoms with Gasteiger partial charge in [-0.15, -0.1) is 0 Å². The molecule has 0 heterocycles. The van der Waals surface area contributed by atoms with Crippen LogP contribution >= 0.6 is 0 Å². The Kier molecular flexibility index (Phi) is 11.0. The van der Waals surface area contributed by atoms with Gasteiger partial charge in [-0.05, 0) is 62.4 Å². The third-order valence-electron chi connectivity index (χ3n) is 7.39. The van der Waals surface area contributed by atoms with Gasteiger partial charge in [0.05, 0.1) is 6.61 Å². The van der Waals surface area contributed by atoms with Crippen LogP contribution in [0.3, 0.4) is 0 Å². The summed E-state index contributed by atoms with van der Waals surface area (Å²) in [5.74, 6) is 2.30. The number of hydrogen-bond acceptors (Lipinski definition) is 3. The van der Waals surface area contributed by atoms with Gasteiger partial charge >= 0.3 is 5.97 Å².